The molecule has 1 aliphatic carbocycles. The van der Waals surface area contributed by atoms with E-state index in [1.807, 2.05) is 35.2 Å². The number of rotatable bonds is 6. The van der Waals surface area contributed by atoms with Gasteiger partial charge in [-0.3, -0.25) is 4.79 Å². The number of benzene rings is 1. The van der Waals surface area contributed by atoms with Crippen molar-refractivity contribution in [2.45, 2.75) is 43.9 Å². The van der Waals surface area contributed by atoms with Crippen LogP contribution >= 0.6 is 11.8 Å². The number of nitrogens with zero attached hydrogens (tertiary/aromatic N) is 2. The van der Waals surface area contributed by atoms with E-state index in [4.69, 9.17) is 0 Å². The largest absolute Gasteiger partial charge is 0.338 e. The molecule has 3 rings (SSSR count). The zero-order valence-electron chi connectivity index (χ0n) is 15.0. The summed E-state index contributed by atoms with van der Waals surface area (Å²) in [6, 6.07) is 10.4. The van der Waals surface area contributed by atoms with Gasteiger partial charge in [0.1, 0.15) is 0 Å². The number of likely N-dealkylation sites (tertiary alicyclic amines) is 1. The molecular weight excluding hydrogens is 316 g/mol. The Hall–Kier alpha value is -1.00. The van der Waals surface area contributed by atoms with Crippen molar-refractivity contribution >= 4 is 17.7 Å². The third kappa shape index (κ3) is 4.34. The molecule has 1 aromatic rings. The fourth-order valence-electron chi connectivity index (χ4n) is 4.19. The average molecular weight is 347 g/mol. The lowest BCUT2D eigenvalue weighted by atomic mass is 10.1. The van der Waals surface area contributed by atoms with Crippen molar-refractivity contribution in [3.8, 4) is 0 Å². The van der Waals surface area contributed by atoms with Crippen molar-refractivity contribution < 1.29 is 4.79 Å². The Kier molecular flexibility index (Phi) is 6.23. The van der Waals surface area contributed by atoms with E-state index in [1.165, 1.54) is 25.0 Å². The second-order valence-electron chi connectivity index (χ2n) is 7.26. The normalized spacial score (nSPS) is 27.1. The predicted octanol–water partition coefficient (Wildman–Crippen LogP) is 3.75. The monoisotopic (exact) mass is 346 g/mol. The summed E-state index contributed by atoms with van der Waals surface area (Å²) in [6.45, 7) is 5.22. The predicted molar refractivity (Wildman–Crippen MR) is 103 cm³/mol. The molecular formula is C20H30N2OS. The summed E-state index contributed by atoms with van der Waals surface area (Å²) in [5, 5.41) is 0.863. The molecule has 0 N–H and O–H groups in total. The van der Waals surface area contributed by atoms with E-state index in [2.05, 4.69) is 30.6 Å². The van der Waals surface area contributed by atoms with Gasteiger partial charge in [0.2, 0.25) is 0 Å². The van der Waals surface area contributed by atoms with Crippen LogP contribution in [0, 0.1) is 5.92 Å². The van der Waals surface area contributed by atoms with Gasteiger partial charge in [0, 0.05) is 36.5 Å². The number of carbonyl (C=O) groups excluding carboxylic acids is 1. The molecule has 0 radical (unpaired) electrons. The molecule has 0 spiro atoms. The maximum Gasteiger partial charge on any atom is 0.253 e. The molecule has 1 heterocycles. The molecule has 0 aromatic heterocycles. The summed E-state index contributed by atoms with van der Waals surface area (Å²) in [7, 11) is 2.28. The molecule has 132 valence electrons. The number of carbonyl (C=O) groups is 1. The van der Waals surface area contributed by atoms with Crippen LogP contribution < -0.4 is 0 Å². The van der Waals surface area contributed by atoms with E-state index >= 15 is 0 Å². The summed E-state index contributed by atoms with van der Waals surface area (Å²) in [5.74, 6) is 2.06. The molecule has 1 amide bonds. The quantitative estimate of drug-likeness (QED) is 0.784. The SMILES string of the molecule is CCS[C@@H]1CC[C@@H](N(C)C[C@@H]2CCN(C(=O)c3ccccc3)C2)C1. The molecule has 4 heteroatoms. The first-order valence-electron chi connectivity index (χ1n) is 9.33. The number of thioether (sulfide) groups is 1. The van der Waals surface area contributed by atoms with E-state index in [1.54, 1.807) is 0 Å². The summed E-state index contributed by atoms with van der Waals surface area (Å²) >= 11 is 2.13. The molecule has 3 atom stereocenters. The molecule has 1 aliphatic heterocycles. The van der Waals surface area contributed by atoms with Crippen molar-refractivity contribution in [3.63, 3.8) is 0 Å². The molecule has 1 aromatic carbocycles. The van der Waals surface area contributed by atoms with Gasteiger partial charge in [-0.1, -0.05) is 25.1 Å². The summed E-state index contributed by atoms with van der Waals surface area (Å²) in [6.07, 6.45) is 5.20. The third-order valence-electron chi connectivity index (χ3n) is 5.52. The van der Waals surface area contributed by atoms with Crippen LogP contribution in [-0.2, 0) is 0 Å². The van der Waals surface area contributed by atoms with Crippen LogP contribution in [0.4, 0.5) is 0 Å². The first-order valence-corrected chi connectivity index (χ1v) is 10.4. The summed E-state index contributed by atoms with van der Waals surface area (Å²) < 4.78 is 0. The van der Waals surface area contributed by atoms with Crippen LogP contribution in [0.1, 0.15) is 43.0 Å². The van der Waals surface area contributed by atoms with Crippen molar-refractivity contribution in [1.29, 1.82) is 0 Å². The van der Waals surface area contributed by atoms with E-state index < -0.39 is 0 Å². The minimum Gasteiger partial charge on any atom is -0.338 e. The average Bonchev–Trinajstić information content (AvgIpc) is 3.25. The Morgan fingerprint density at radius 2 is 2.04 bits per heavy atom. The van der Waals surface area contributed by atoms with Gasteiger partial charge in [-0.25, -0.2) is 0 Å². The van der Waals surface area contributed by atoms with Crippen LogP contribution in [0.25, 0.3) is 0 Å². The van der Waals surface area contributed by atoms with Crippen LogP contribution in [0.15, 0.2) is 30.3 Å². The Balaban J connectivity index is 1.47. The molecule has 1 saturated heterocycles. The lowest BCUT2D eigenvalue weighted by Crippen LogP contribution is -2.36. The third-order valence-corrected chi connectivity index (χ3v) is 6.76. The fourth-order valence-corrected chi connectivity index (χ4v) is 5.32. The fraction of sp³-hybridized carbons (Fsp3) is 0.650. The minimum absolute atomic E-state index is 0.195. The van der Waals surface area contributed by atoms with E-state index in [-0.39, 0.29) is 5.91 Å². The molecule has 24 heavy (non-hydrogen) atoms. The number of hydrogen-bond donors (Lipinski definition) is 0. The first-order chi connectivity index (χ1) is 11.7. The number of amides is 1. The lowest BCUT2D eigenvalue weighted by molar-refractivity contribution is 0.0783. The van der Waals surface area contributed by atoms with Gasteiger partial charge in [0.15, 0.2) is 0 Å². The van der Waals surface area contributed by atoms with Crippen LogP contribution in [0.5, 0.6) is 0 Å². The van der Waals surface area contributed by atoms with E-state index in [9.17, 15) is 4.79 Å². The van der Waals surface area contributed by atoms with Crippen molar-refractivity contribution in [3.05, 3.63) is 35.9 Å². The van der Waals surface area contributed by atoms with Crippen molar-refractivity contribution in [1.82, 2.24) is 9.80 Å². The Labute approximate surface area is 150 Å². The smallest absolute Gasteiger partial charge is 0.253 e. The highest BCUT2D eigenvalue weighted by atomic mass is 32.2. The van der Waals surface area contributed by atoms with Crippen LogP contribution in [0.3, 0.4) is 0 Å². The zero-order valence-corrected chi connectivity index (χ0v) is 15.8. The number of hydrogen-bond acceptors (Lipinski definition) is 3. The lowest BCUT2D eigenvalue weighted by Gasteiger charge is -2.27. The van der Waals surface area contributed by atoms with Crippen LogP contribution in [0.2, 0.25) is 0 Å². The zero-order chi connectivity index (χ0) is 16.9. The highest BCUT2D eigenvalue weighted by Crippen LogP contribution is 2.33. The highest BCUT2D eigenvalue weighted by Gasteiger charge is 2.31. The van der Waals surface area contributed by atoms with Gasteiger partial charge in [-0.05, 0) is 56.5 Å². The Bertz CT molecular complexity index is 536. The molecule has 1 saturated carbocycles. The summed E-state index contributed by atoms with van der Waals surface area (Å²) in [5.41, 5.74) is 0.821. The molecule has 3 nitrogen and oxygen atoms in total. The van der Waals surface area contributed by atoms with Gasteiger partial charge in [-0.15, -0.1) is 0 Å². The van der Waals surface area contributed by atoms with Gasteiger partial charge in [0.05, 0.1) is 0 Å². The van der Waals surface area contributed by atoms with Crippen molar-refractivity contribution in [2.75, 3.05) is 32.4 Å². The molecule has 2 fully saturated rings. The maximum atomic E-state index is 12.6. The van der Waals surface area contributed by atoms with Crippen molar-refractivity contribution in [2.24, 2.45) is 5.92 Å². The molecule has 2 aliphatic rings. The minimum atomic E-state index is 0.195. The standard InChI is InChI=1S/C20H30N2OS/c1-3-24-19-10-9-18(13-19)21(2)14-16-11-12-22(15-16)20(23)17-7-5-4-6-8-17/h4-8,16,18-19H,3,9-15H2,1-2H3/t16-,18+,19+/m0/s1. The highest BCUT2D eigenvalue weighted by molar-refractivity contribution is 7.99. The first kappa shape index (κ1) is 17.8. The second kappa shape index (κ2) is 8.39. The second-order valence-corrected chi connectivity index (χ2v) is 8.83. The van der Waals surface area contributed by atoms with Gasteiger partial charge in [-0.2, -0.15) is 11.8 Å². The summed E-state index contributed by atoms with van der Waals surface area (Å²) in [4.78, 5) is 17.2. The van der Waals surface area contributed by atoms with Gasteiger partial charge >= 0.3 is 0 Å². The Morgan fingerprint density at radius 1 is 1.25 bits per heavy atom. The van der Waals surface area contributed by atoms with E-state index in [0.717, 1.165) is 42.9 Å². The Morgan fingerprint density at radius 3 is 2.79 bits per heavy atom. The maximum absolute atomic E-state index is 12.6. The van der Waals surface area contributed by atoms with E-state index in [0.29, 0.717) is 5.92 Å². The molecule has 0 unspecified atom stereocenters. The van der Waals surface area contributed by atoms with Gasteiger partial charge in [0.25, 0.3) is 5.91 Å². The van der Waals surface area contributed by atoms with Crippen LogP contribution in [-0.4, -0.2) is 59.4 Å². The van der Waals surface area contributed by atoms with Gasteiger partial charge < -0.3 is 9.80 Å². The topological polar surface area (TPSA) is 23.6 Å². The molecule has 0 bridgehead atoms.